The van der Waals surface area contributed by atoms with Crippen LogP contribution in [0.15, 0.2) is 24.3 Å². The van der Waals surface area contributed by atoms with Gasteiger partial charge in [0.15, 0.2) is 0 Å². The smallest absolute Gasteiger partial charge is 0.282 e. The van der Waals surface area contributed by atoms with Gasteiger partial charge in [-0.3, -0.25) is 9.59 Å². The summed E-state index contributed by atoms with van der Waals surface area (Å²) in [5.74, 6) is -0.646. The molecule has 1 N–H and O–H groups in total. The average molecular weight is 499 g/mol. The van der Waals surface area contributed by atoms with Crippen LogP contribution in [-0.2, 0) is 15.0 Å². The molecule has 0 spiro atoms. The Morgan fingerprint density at radius 2 is 1.61 bits per heavy atom. The second-order valence-electron chi connectivity index (χ2n) is 9.24. The first kappa shape index (κ1) is 25.9. The van der Waals surface area contributed by atoms with Gasteiger partial charge in [-0.25, -0.2) is 0 Å². The second-order valence-corrected chi connectivity index (χ2v) is 11.7. The number of nitrogens with one attached hydrogen (secondary N) is 1. The van der Waals surface area contributed by atoms with Crippen molar-refractivity contribution in [2.45, 2.75) is 58.0 Å². The summed E-state index contributed by atoms with van der Waals surface area (Å²) in [7, 11) is -1.89. The van der Waals surface area contributed by atoms with E-state index in [4.69, 9.17) is 11.6 Å². The van der Waals surface area contributed by atoms with E-state index in [0.717, 1.165) is 32.1 Å². The lowest BCUT2D eigenvalue weighted by Gasteiger charge is -2.39. The van der Waals surface area contributed by atoms with Gasteiger partial charge in [0, 0.05) is 49.9 Å². The Bertz CT molecular complexity index is 924. The highest BCUT2D eigenvalue weighted by molar-refractivity contribution is 7.86. The zero-order valence-electron chi connectivity index (χ0n) is 19.7. The number of halogens is 1. The van der Waals surface area contributed by atoms with E-state index < -0.39 is 16.3 Å². The fourth-order valence-corrected chi connectivity index (χ4v) is 6.19. The van der Waals surface area contributed by atoms with E-state index in [1.165, 1.54) is 8.61 Å². The minimum atomic E-state index is -3.56. The van der Waals surface area contributed by atoms with Crippen LogP contribution in [0.2, 0.25) is 5.02 Å². The Kier molecular flexibility index (Phi) is 8.77. The van der Waals surface area contributed by atoms with E-state index in [9.17, 15) is 18.0 Å². The number of carbonyl (C=O) groups excluding carboxylic acids is 2. The predicted octanol–water partition coefficient (Wildman–Crippen LogP) is 2.75. The molecule has 1 aliphatic heterocycles. The summed E-state index contributed by atoms with van der Waals surface area (Å²) in [6, 6.07) is 5.86. The lowest BCUT2D eigenvalue weighted by Crippen LogP contribution is -2.59. The summed E-state index contributed by atoms with van der Waals surface area (Å²) < 4.78 is 29.2. The van der Waals surface area contributed by atoms with Gasteiger partial charge in [0.1, 0.15) is 6.04 Å². The van der Waals surface area contributed by atoms with Crippen LogP contribution in [0.1, 0.15) is 56.3 Å². The lowest BCUT2D eigenvalue weighted by atomic mass is 9.96. The largest absolute Gasteiger partial charge is 0.340 e. The van der Waals surface area contributed by atoms with Crippen molar-refractivity contribution in [2.75, 3.05) is 33.2 Å². The van der Waals surface area contributed by atoms with Gasteiger partial charge in [0.25, 0.3) is 16.1 Å². The Hall–Kier alpha value is -1.68. The first-order valence-electron chi connectivity index (χ1n) is 11.7. The van der Waals surface area contributed by atoms with Crippen molar-refractivity contribution in [1.82, 2.24) is 18.8 Å². The number of hydrogen-bond acceptors (Lipinski definition) is 4. The van der Waals surface area contributed by atoms with Crippen LogP contribution in [0, 0.1) is 5.92 Å². The second kappa shape index (κ2) is 11.2. The van der Waals surface area contributed by atoms with Crippen molar-refractivity contribution in [1.29, 1.82) is 0 Å². The molecule has 1 atom stereocenters. The molecule has 1 heterocycles. The third-order valence-electron chi connectivity index (χ3n) is 6.66. The summed E-state index contributed by atoms with van der Waals surface area (Å²) in [4.78, 5) is 27.5. The molecular formula is C23H35ClN4O4S. The first-order chi connectivity index (χ1) is 15.6. The van der Waals surface area contributed by atoms with Gasteiger partial charge in [0.05, 0.1) is 0 Å². The Morgan fingerprint density at radius 1 is 1.03 bits per heavy atom. The molecule has 0 aromatic heterocycles. The third kappa shape index (κ3) is 6.26. The van der Waals surface area contributed by atoms with Crippen LogP contribution < -0.4 is 5.32 Å². The Morgan fingerprint density at radius 3 is 2.15 bits per heavy atom. The summed E-state index contributed by atoms with van der Waals surface area (Å²) in [6.45, 7) is 4.87. The van der Waals surface area contributed by atoms with Crippen molar-refractivity contribution in [3.63, 3.8) is 0 Å². The number of piperazine rings is 1. The number of rotatable bonds is 7. The lowest BCUT2D eigenvalue weighted by molar-refractivity contribution is -0.135. The molecule has 2 aliphatic rings. The summed E-state index contributed by atoms with van der Waals surface area (Å²) >= 11 is 5.89. The number of carbonyl (C=O) groups is 2. The number of hydrogen-bond donors (Lipinski definition) is 1. The Balaban J connectivity index is 1.60. The summed E-state index contributed by atoms with van der Waals surface area (Å²) in [5.41, 5.74) is 0.430. The van der Waals surface area contributed by atoms with E-state index in [2.05, 4.69) is 5.32 Å². The van der Waals surface area contributed by atoms with Crippen molar-refractivity contribution < 1.29 is 18.0 Å². The molecule has 1 aromatic carbocycles. The quantitative estimate of drug-likeness (QED) is 0.626. The van der Waals surface area contributed by atoms with Gasteiger partial charge in [-0.15, -0.1) is 0 Å². The van der Waals surface area contributed by atoms with Gasteiger partial charge >= 0.3 is 0 Å². The van der Waals surface area contributed by atoms with E-state index in [1.807, 2.05) is 13.8 Å². The van der Waals surface area contributed by atoms with E-state index in [0.29, 0.717) is 23.7 Å². The summed E-state index contributed by atoms with van der Waals surface area (Å²) in [6.07, 6.45) is 5.09. The molecule has 184 valence electrons. The standard InChI is InChI=1S/C23H35ClN4O4S/c1-17(2)21(25-22(29)18-9-11-19(24)12-10-18)23(30)27-13-15-28(16-14-27)33(31,32)26(3)20-7-5-4-6-8-20/h9-12,17,20-21H,4-8,13-16H2,1-3H3,(H,25,29). The molecule has 1 unspecified atom stereocenters. The maximum Gasteiger partial charge on any atom is 0.282 e. The molecule has 0 bridgehead atoms. The SMILES string of the molecule is CC(C)C(NC(=O)c1ccc(Cl)cc1)C(=O)N1CCN(S(=O)(=O)N(C)C2CCCCC2)CC1. The highest BCUT2D eigenvalue weighted by atomic mass is 35.5. The zero-order valence-corrected chi connectivity index (χ0v) is 21.2. The third-order valence-corrected chi connectivity index (χ3v) is 8.95. The number of nitrogens with zero attached hydrogens (tertiary/aromatic N) is 3. The van der Waals surface area contributed by atoms with E-state index in [-0.39, 0.29) is 36.9 Å². The molecule has 1 saturated carbocycles. The molecule has 3 rings (SSSR count). The molecule has 2 fully saturated rings. The predicted molar refractivity (Wildman–Crippen MR) is 129 cm³/mol. The maximum absolute atomic E-state index is 13.2. The summed E-state index contributed by atoms with van der Waals surface area (Å²) in [5, 5.41) is 3.37. The minimum absolute atomic E-state index is 0.0526. The molecular weight excluding hydrogens is 464 g/mol. The van der Waals surface area contributed by atoms with Gasteiger partial charge < -0.3 is 10.2 Å². The fraction of sp³-hybridized carbons (Fsp3) is 0.652. The molecule has 0 radical (unpaired) electrons. The van der Waals surface area contributed by atoms with Crippen molar-refractivity contribution in [2.24, 2.45) is 5.92 Å². The molecule has 1 aliphatic carbocycles. The van der Waals surface area contributed by atoms with Crippen LogP contribution in [0.3, 0.4) is 0 Å². The average Bonchev–Trinajstić information content (AvgIpc) is 2.82. The van der Waals surface area contributed by atoms with E-state index in [1.54, 1.807) is 36.2 Å². The molecule has 33 heavy (non-hydrogen) atoms. The van der Waals surface area contributed by atoms with Crippen molar-refractivity contribution >= 4 is 33.6 Å². The number of amides is 2. The van der Waals surface area contributed by atoms with Crippen molar-refractivity contribution in [3.8, 4) is 0 Å². The first-order valence-corrected chi connectivity index (χ1v) is 13.5. The minimum Gasteiger partial charge on any atom is -0.340 e. The van der Waals surface area contributed by atoms with Gasteiger partial charge in [-0.05, 0) is 43.0 Å². The highest BCUT2D eigenvalue weighted by Gasteiger charge is 2.37. The Labute approximate surface area is 202 Å². The van der Waals surface area contributed by atoms with Crippen LogP contribution in [0.25, 0.3) is 0 Å². The monoisotopic (exact) mass is 498 g/mol. The fourth-order valence-electron chi connectivity index (χ4n) is 4.49. The van der Waals surface area contributed by atoms with Gasteiger partial charge in [-0.1, -0.05) is 44.7 Å². The molecule has 1 aromatic rings. The highest BCUT2D eigenvalue weighted by Crippen LogP contribution is 2.25. The van der Waals surface area contributed by atoms with Crippen LogP contribution >= 0.6 is 11.6 Å². The number of benzene rings is 1. The van der Waals surface area contributed by atoms with Gasteiger partial charge in [0.2, 0.25) is 5.91 Å². The van der Waals surface area contributed by atoms with Gasteiger partial charge in [-0.2, -0.15) is 17.0 Å². The van der Waals surface area contributed by atoms with Crippen molar-refractivity contribution in [3.05, 3.63) is 34.9 Å². The van der Waals surface area contributed by atoms with Crippen LogP contribution in [0.5, 0.6) is 0 Å². The molecule has 1 saturated heterocycles. The van der Waals surface area contributed by atoms with E-state index >= 15 is 0 Å². The van der Waals surface area contributed by atoms with Crippen LogP contribution in [0.4, 0.5) is 0 Å². The normalized spacial score (nSPS) is 19.6. The molecule has 8 nitrogen and oxygen atoms in total. The molecule has 2 amide bonds. The zero-order chi connectivity index (χ0) is 24.2. The molecule has 10 heteroatoms. The van der Waals surface area contributed by atoms with Crippen LogP contribution in [-0.4, -0.2) is 79.1 Å². The maximum atomic E-state index is 13.2. The topological polar surface area (TPSA) is 90.0 Å².